The number of hydrogen-bond donors (Lipinski definition) is 0. The lowest BCUT2D eigenvalue weighted by molar-refractivity contribution is -0.141. The van der Waals surface area contributed by atoms with Crippen molar-refractivity contribution in [1.82, 2.24) is 4.90 Å². The van der Waals surface area contributed by atoms with E-state index in [1.54, 1.807) is 12.1 Å². The first-order valence-electron chi connectivity index (χ1n) is 11.2. The molecule has 0 bridgehead atoms. The summed E-state index contributed by atoms with van der Waals surface area (Å²) in [4.78, 5) is 31.2. The van der Waals surface area contributed by atoms with Crippen LogP contribution in [0.25, 0.3) is 0 Å². The summed E-state index contributed by atoms with van der Waals surface area (Å²) in [6.45, 7) is -0.0104. The van der Waals surface area contributed by atoms with Crippen molar-refractivity contribution in [3.05, 3.63) is 89.0 Å². The van der Waals surface area contributed by atoms with E-state index in [-0.39, 0.29) is 19.0 Å². The molecule has 2 aromatic carbocycles. The molecule has 5 nitrogen and oxygen atoms in total. The Kier molecular flexibility index (Phi) is 5.44. The second kappa shape index (κ2) is 8.43. The fourth-order valence-electron chi connectivity index (χ4n) is 4.73. The molecule has 0 radical (unpaired) electrons. The number of carbonyl (C=O) groups excluding carboxylic acids is 2. The highest BCUT2D eigenvalue weighted by Gasteiger charge is 2.61. The van der Waals surface area contributed by atoms with Gasteiger partial charge in [-0.25, -0.2) is 9.38 Å². The van der Waals surface area contributed by atoms with E-state index >= 15 is 0 Å². The summed E-state index contributed by atoms with van der Waals surface area (Å²) in [7, 11) is 1.28. The summed E-state index contributed by atoms with van der Waals surface area (Å²) < 4.78 is 19.4. The number of hydrogen-bond acceptors (Lipinski definition) is 4. The fraction of sp³-hybridized carbons (Fsp3) is 0.296. The summed E-state index contributed by atoms with van der Waals surface area (Å²) in [5, 5.41) is 0. The third-order valence-electron chi connectivity index (χ3n) is 6.62. The largest absolute Gasteiger partial charge is 0.468 e. The minimum atomic E-state index is -1.05. The molecule has 5 rings (SSSR count). The molecule has 2 aliphatic carbocycles. The van der Waals surface area contributed by atoms with Gasteiger partial charge in [0.2, 0.25) is 0 Å². The van der Waals surface area contributed by atoms with Crippen LogP contribution >= 0.6 is 0 Å². The van der Waals surface area contributed by atoms with Gasteiger partial charge in [-0.2, -0.15) is 0 Å². The van der Waals surface area contributed by atoms with Gasteiger partial charge >= 0.3 is 5.97 Å². The van der Waals surface area contributed by atoms with E-state index in [9.17, 15) is 14.0 Å². The van der Waals surface area contributed by atoms with Crippen LogP contribution in [0.1, 0.15) is 40.7 Å². The number of allylic oxidation sites excluding steroid dienone is 4. The van der Waals surface area contributed by atoms with E-state index in [0.717, 1.165) is 29.7 Å². The molecule has 33 heavy (non-hydrogen) atoms. The number of esters is 1. The third-order valence-corrected chi connectivity index (χ3v) is 6.62. The Morgan fingerprint density at radius 3 is 2.67 bits per heavy atom. The highest BCUT2D eigenvalue weighted by molar-refractivity contribution is 6.15. The van der Waals surface area contributed by atoms with Crippen LogP contribution in [0.5, 0.6) is 0 Å². The van der Waals surface area contributed by atoms with E-state index < -0.39 is 17.6 Å². The number of halogens is 1. The molecule has 1 fully saturated rings. The number of carbonyl (C=O) groups is 2. The number of nitrogens with zero attached hydrogens (tertiary/aromatic N) is 2. The zero-order valence-corrected chi connectivity index (χ0v) is 18.5. The molecule has 6 heteroatoms. The predicted molar refractivity (Wildman–Crippen MR) is 125 cm³/mol. The quantitative estimate of drug-likeness (QED) is 0.497. The lowest BCUT2D eigenvalue weighted by atomic mass is 9.85. The molecular weight excluding hydrogens is 419 g/mol. The molecular formula is C27H25FN2O3. The van der Waals surface area contributed by atoms with E-state index in [4.69, 9.17) is 9.73 Å². The summed E-state index contributed by atoms with van der Waals surface area (Å²) in [6.07, 6.45) is 7.65. The highest BCUT2D eigenvalue weighted by Crippen LogP contribution is 2.55. The Morgan fingerprint density at radius 1 is 1.21 bits per heavy atom. The van der Waals surface area contributed by atoms with Crippen LogP contribution in [0.15, 0.2) is 77.3 Å². The monoisotopic (exact) mass is 444 g/mol. The standard InChI is InChI=1S/C27H25FN2O3/c1-33-24(31)16-30-17-27(15-23(27)28)22-14-20(12-13-21(22)26(30)32)29-25(18-8-4-2-5-9-18)19-10-6-3-7-11-19/h2,4-6,8-14,23H,3,7,15-17H2,1H3/t23?,27-/m0/s1. The number of ether oxygens (including phenoxy) is 1. The number of fused-ring (bicyclic) bond motifs is 2. The van der Waals surface area contributed by atoms with Crippen molar-refractivity contribution < 1.29 is 18.7 Å². The Bertz CT molecular complexity index is 1200. The van der Waals surface area contributed by atoms with Gasteiger partial charge in [-0.1, -0.05) is 48.6 Å². The summed E-state index contributed by atoms with van der Waals surface area (Å²) in [6, 6.07) is 15.3. The van der Waals surface area contributed by atoms with E-state index in [0.29, 0.717) is 23.2 Å². The molecule has 1 saturated carbocycles. The van der Waals surface area contributed by atoms with E-state index in [2.05, 4.69) is 18.2 Å². The lowest BCUT2D eigenvalue weighted by Crippen LogP contribution is -2.46. The smallest absolute Gasteiger partial charge is 0.325 e. The fourth-order valence-corrected chi connectivity index (χ4v) is 4.73. The van der Waals surface area contributed by atoms with Gasteiger partial charge in [0.25, 0.3) is 5.91 Å². The maximum atomic E-state index is 14.7. The molecule has 1 unspecified atom stereocenters. The molecule has 3 aliphatic rings. The van der Waals surface area contributed by atoms with Gasteiger partial charge in [0, 0.05) is 23.1 Å². The molecule has 1 aliphatic heterocycles. The third kappa shape index (κ3) is 3.90. The predicted octanol–water partition coefficient (Wildman–Crippen LogP) is 4.69. The van der Waals surface area contributed by atoms with Crippen LogP contribution in [0.3, 0.4) is 0 Å². The SMILES string of the molecule is COC(=O)CN1C[C@@]2(CC2F)c2cc(N=C(C3=CCCC=C3)c3ccccc3)ccc2C1=O. The Morgan fingerprint density at radius 2 is 2.00 bits per heavy atom. The van der Waals surface area contributed by atoms with Gasteiger partial charge in [-0.15, -0.1) is 0 Å². The van der Waals surface area contributed by atoms with Crippen molar-refractivity contribution in [3.63, 3.8) is 0 Å². The molecule has 1 amide bonds. The van der Waals surface area contributed by atoms with Gasteiger partial charge in [-0.3, -0.25) is 9.59 Å². The van der Waals surface area contributed by atoms with Gasteiger partial charge < -0.3 is 9.64 Å². The van der Waals surface area contributed by atoms with Crippen molar-refractivity contribution in [2.24, 2.45) is 4.99 Å². The van der Waals surface area contributed by atoms with Crippen molar-refractivity contribution >= 4 is 23.3 Å². The summed E-state index contributed by atoms with van der Waals surface area (Å²) >= 11 is 0. The molecule has 1 spiro atoms. The van der Waals surface area contributed by atoms with Crippen molar-refractivity contribution in [2.75, 3.05) is 20.2 Å². The number of benzene rings is 2. The zero-order chi connectivity index (χ0) is 23.0. The first-order chi connectivity index (χ1) is 16.0. The van der Waals surface area contributed by atoms with Crippen molar-refractivity contribution in [2.45, 2.75) is 30.8 Å². The minimum Gasteiger partial charge on any atom is -0.468 e. The second-order valence-corrected chi connectivity index (χ2v) is 8.76. The number of rotatable bonds is 5. The highest BCUT2D eigenvalue weighted by atomic mass is 19.1. The summed E-state index contributed by atoms with van der Waals surface area (Å²) in [5.74, 6) is -0.794. The van der Waals surface area contributed by atoms with E-state index in [1.807, 2.05) is 36.4 Å². The average molecular weight is 445 g/mol. The number of methoxy groups -OCH3 is 1. The van der Waals surface area contributed by atoms with Crippen molar-refractivity contribution in [1.29, 1.82) is 0 Å². The van der Waals surface area contributed by atoms with Crippen LogP contribution in [-0.4, -0.2) is 48.9 Å². The molecule has 168 valence electrons. The zero-order valence-electron chi connectivity index (χ0n) is 18.5. The van der Waals surface area contributed by atoms with Crippen LogP contribution in [0.4, 0.5) is 10.1 Å². The maximum Gasteiger partial charge on any atom is 0.325 e. The number of aliphatic imine (C=N–C) groups is 1. The van der Waals surface area contributed by atoms with Crippen LogP contribution in [0.2, 0.25) is 0 Å². The van der Waals surface area contributed by atoms with Gasteiger partial charge in [-0.05, 0) is 48.6 Å². The lowest BCUT2D eigenvalue weighted by Gasteiger charge is -2.34. The first-order valence-corrected chi connectivity index (χ1v) is 11.2. The molecule has 1 heterocycles. The number of amides is 1. The Labute approximate surface area is 192 Å². The topological polar surface area (TPSA) is 59.0 Å². The molecule has 0 saturated heterocycles. The molecule has 2 atom stereocenters. The minimum absolute atomic E-state index is 0.168. The Hall–Kier alpha value is -3.54. The molecule has 0 aromatic heterocycles. The normalized spacial score (nSPS) is 23.9. The maximum absolute atomic E-state index is 14.7. The van der Waals surface area contributed by atoms with Crippen LogP contribution in [-0.2, 0) is 14.9 Å². The van der Waals surface area contributed by atoms with Crippen molar-refractivity contribution in [3.8, 4) is 0 Å². The average Bonchev–Trinajstić information content (AvgIpc) is 3.51. The molecule has 0 N–H and O–H groups in total. The first kappa shape index (κ1) is 21.3. The van der Waals surface area contributed by atoms with Gasteiger partial charge in [0.1, 0.15) is 12.7 Å². The van der Waals surface area contributed by atoms with Crippen LogP contribution in [0, 0.1) is 0 Å². The van der Waals surface area contributed by atoms with Crippen LogP contribution < -0.4 is 0 Å². The summed E-state index contributed by atoms with van der Waals surface area (Å²) in [5.41, 5.74) is 3.92. The van der Waals surface area contributed by atoms with Gasteiger partial charge in [0.05, 0.1) is 18.5 Å². The van der Waals surface area contributed by atoms with E-state index in [1.165, 1.54) is 12.0 Å². The van der Waals surface area contributed by atoms with Gasteiger partial charge in [0.15, 0.2) is 0 Å². The Balaban J connectivity index is 1.56. The molecule has 2 aromatic rings. The second-order valence-electron chi connectivity index (χ2n) is 8.76. The number of alkyl halides is 1.